The number of hydrogen-bond donors (Lipinski definition) is 3. The highest BCUT2D eigenvalue weighted by Crippen LogP contribution is 2.32. The highest BCUT2D eigenvalue weighted by atomic mass is 16.5. The van der Waals surface area contributed by atoms with Crippen molar-refractivity contribution in [2.45, 2.75) is 27.4 Å². The average Bonchev–Trinajstić information content (AvgIpc) is 3.06. The molecule has 9 nitrogen and oxygen atoms in total. The van der Waals surface area contributed by atoms with Crippen LogP contribution >= 0.6 is 0 Å². The summed E-state index contributed by atoms with van der Waals surface area (Å²) in [6.07, 6.45) is 0. The van der Waals surface area contributed by atoms with E-state index in [9.17, 15) is 4.79 Å². The fourth-order valence-corrected chi connectivity index (χ4v) is 3.39. The van der Waals surface area contributed by atoms with E-state index in [2.05, 4.69) is 5.10 Å². The first-order chi connectivity index (χ1) is 14.9. The molecule has 2 aromatic carbocycles. The maximum Gasteiger partial charge on any atom is 0.350 e. The molecule has 0 bridgehead atoms. The van der Waals surface area contributed by atoms with Gasteiger partial charge in [-0.25, -0.2) is 26.2 Å². The van der Waals surface area contributed by atoms with Gasteiger partial charge in [-0.05, 0) is 50.6 Å². The van der Waals surface area contributed by atoms with Crippen LogP contribution in [0.2, 0.25) is 0 Å². The number of rotatable bonds is 7. The van der Waals surface area contributed by atoms with Gasteiger partial charge in [0.2, 0.25) is 5.88 Å². The Morgan fingerprint density at radius 1 is 1.19 bits per heavy atom. The van der Waals surface area contributed by atoms with Crippen molar-refractivity contribution in [2.24, 2.45) is 18.7 Å². The van der Waals surface area contributed by atoms with Crippen molar-refractivity contribution < 1.29 is 14.3 Å². The molecule has 0 fully saturated rings. The fourth-order valence-electron chi connectivity index (χ4n) is 3.39. The average molecular weight is 425 g/mol. The number of urea groups is 1. The van der Waals surface area contributed by atoms with Crippen molar-refractivity contribution in [1.82, 2.24) is 15.2 Å². The van der Waals surface area contributed by atoms with E-state index in [0.29, 0.717) is 12.3 Å². The highest BCUT2D eigenvalue weighted by molar-refractivity contribution is 5.91. The number of nitrogens with zero attached hydrogens (tertiary/aromatic N) is 3. The van der Waals surface area contributed by atoms with Crippen molar-refractivity contribution in [3.05, 3.63) is 59.2 Å². The number of carbonyl (C=O) groups is 1. The van der Waals surface area contributed by atoms with Crippen LogP contribution in [0.1, 0.15) is 23.6 Å². The number of aryl methyl sites for hydroxylation is 2. The number of para-hydroxylation sites is 1. The normalized spacial score (nSPS) is 10.6. The Balaban J connectivity index is 1.80. The van der Waals surface area contributed by atoms with Gasteiger partial charge in [-0.3, -0.25) is 5.43 Å². The maximum atomic E-state index is 11.8. The lowest BCUT2D eigenvalue weighted by molar-refractivity contribution is 0.246. The Labute approximate surface area is 181 Å². The molecular formula is C22H28N6O3. The van der Waals surface area contributed by atoms with Crippen LogP contribution in [0.25, 0.3) is 11.3 Å². The molecule has 0 aliphatic heterocycles. The van der Waals surface area contributed by atoms with E-state index < -0.39 is 6.03 Å². The molecular weight excluding hydrogens is 396 g/mol. The van der Waals surface area contributed by atoms with Gasteiger partial charge in [-0.2, -0.15) is 5.10 Å². The summed E-state index contributed by atoms with van der Waals surface area (Å²) < 4.78 is 13.5. The Bertz CT molecular complexity index is 1080. The van der Waals surface area contributed by atoms with E-state index in [1.165, 1.54) is 0 Å². The minimum atomic E-state index is -0.620. The molecule has 3 aromatic rings. The third-order valence-corrected chi connectivity index (χ3v) is 4.93. The summed E-state index contributed by atoms with van der Waals surface area (Å²) in [4.78, 5) is 11.8. The molecule has 1 aromatic heterocycles. The van der Waals surface area contributed by atoms with E-state index in [1.54, 1.807) is 16.8 Å². The molecule has 0 atom stereocenters. The first kappa shape index (κ1) is 22.1. The van der Waals surface area contributed by atoms with E-state index in [1.807, 2.05) is 63.6 Å². The molecule has 31 heavy (non-hydrogen) atoms. The first-order valence-corrected chi connectivity index (χ1v) is 9.90. The molecule has 0 radical (unpaired) electrons. The van der Waals surface area contributed by atoms with Crippen molar-refractivity contribution in [2.75, 3.05) is 11.6 Å². The fraction of sp³-hybridized carbons (Fsp3) is 0.273. The number of hydrogen-bond acceptors (Lipinski definition) is 6. The zero-order chi connectivity index (χ0) is 22.5. The topological polar surface area (TPSA) is 121 Å². The molecule has 0 spiro atoms. The van der Waals surface area contributed by atoms with Crippen molar-refractivity contribution in [1.29, 1.82) is 0 Å². The largest absolute Gasteiger partial charge is 0.489 e. The number of aromatic nitrogens is 2. The summed E-state index contributed by atoms with van der Waals surface area (Å²) in [7, 11) is 1.87. The van der Waals surface area contributed by atoms with Crippen molar-refractivity contribution in [3.8, 4) is 22.9 Å². The van der Waals surface area contributed by atoms with Crippen LogP contribution in [0, 0.1) is 13.8 Å². The number of benzene rings is 2. The maximum absolute atomic E-state index is 11.8. The van der Waals surface area contributed by atoms with Crippen LogP contribution < -0.4 is 31.6 Å². The van der Waals surface area contributed by atoms with Crippen LogP contribution in [0.4, 0.5) is 10.5 Å². The zero-order valence-corrected chi connectivity index (χ0v) is 18.2. The molecule has 0 aliphatic rings. The van der Waals surface area contributed by atoms with E-state index in [-0.39, 0.29) is 6.61 Å². The van der Waals surface area contributed by atoms with Gasteiger partial charge >= 0.3 is 6.03 Å². The number of carbonyl (C=O) groups excluding carboxylic acids is 1. The summed E-state index contributed by atoms with van der Waals surface area (Å²) in [5.74, 6) is 12.5. The predicted molar refractivity (Wildman–Crippen MR) is 119 cm³/mol. The van der Waals surface area contributed by atoms with Crippen LogP contribution in [0.3, 0.4) is 0 Å². The second-order valence-electron chi connectivity index (χ2n) is 7.05. The van der Waals surface area contributed by atoms with Gasteiger partial charge < -0.3 is 9.47 Å². The summed E-state index contributed by atoms with van der Waals surface area (Å²) in [6, 6.07) is 12.5. The van der Waals surface area contributed by atoms with E-state index >= 15 is 0 Å². The third kappa shape index (κ3) is 4.62. The zero-order valence-electron chi connectivity index (χ0n) is 18.2. The van der Waals surface area contributed by atoms with Crippen LogP contribution in [0.15, 0.2) is 42.5 Å². The summed E-state index contributed by atoms with van der Waals surface area (Å²) in [5.41, 5.74) is 7.08. The Hall–Kier alpha value is -3.56. The molecule has 5 N–H and O–H groups in total. The molecule has 0 saturated carbocycles. The minimum absolute atomic E-state index is 0.235. The second-order valence-corrected chi connectivity index (χ2v) is 7.05. The number of anilines is 1. The Morgan fingerprint density at radius 2 is 1.94 bits per heavy atom. The third-order valence-electron chi connectivity index (χ3n) is 4.93. The summed E-state index contributed by atoms with van der Waals surface area (Å²) in [5, 5.41) is 5.56. The van der Waals surface area contributed by atoms with Gasteiger partial charge in [0.25, 0.3) is 0 Å². The van der Waals surface area contributed by atoms with Gasteiger partial charge in [0.05, 0.1) is 18.0 Å². The van der Waals surface area contributed by atoms with E-state index in [0.717, 1.165) is 44.6 Å². The number of nitrogens with two attached hydrogens (primary N) is 2. The first-order valence-electron chi connectivity index (χ1n) is 9.90. The Kier molecular flexibility index (Phi) is 6.78. The number of hydrazine groups is 2. The number of nitrogens with one attached hydrogen (secondary N) is 1. The van der Waals surface area contributed by atoms with Gasteiger partial charge in [-0.1, -0.05) is 18.2 Å². The lowest BCUT2D eigenvalue weighted by Crippen LogP contribution is -2.48. The monoisotopic (exact) mass is 424 g/mol. The second kappa shape index (κ2) is 9.50. The predicted octanol–water partition coefficient (Wildman–Crippen LogP) is 2.95. The molecule has 0 saturated heterocycles. The van der Waals surface area contributed by atoms with E-state index in [4.69, 9.17) is 21.2 Å². The Morgan fingerprint density at radius 3 is 2.61 bits per heavy atom. The lowest BCUT2D eigenvalue weighted by atomic mass is 10.1. The summed E-state index contributed by atoms with van der Waals surface area (Å²) in [6.45, 7) is 6.75. The molecule has 0 unspecified atom stereocenters. The SMILES string of the molecule is CCOc1c(C)c(-c2ccc(OCc3ccccc3N(N)C(=O)NN)c(C)c2)nn1C. The van der Waals surface area contributed by atoms with Crippen LogP contribution in [-0.2, 0) is 13.7 Å². The molecule has 9 heteroatoms. The smallest absolute Gasteiger partial charge is 0.350 e. The van der Waals surface area contributed by atoms with Crippen LogP contribution in [-0.4, -0.2) is 22.4 Å². The van der Waals surface area contributed by atoms with Gasteiger partial charge in [-0.15, -0.1) is 0 Å². The number of ether oxygens (including phenoxy) is 2. The van der Waals surface area contributed by atoms with Gasteiger partial charge in [0.1, 0.15) is 12.4 Å². The molecule has 0 aliphatic carbocycles. The number of amides is 2. The molecule has 2 amide bonds. The lowest BCUT2D eigenvalue weighted by Gasteiger charge is -2.20. The standard InChI is InChI=1S/C22H28N6O3/c1-5-30-21-15(3)20(26-27(21)4)16-10-11-19(14(2)12-16)31-13-17-8-6-7-9-18(17)28(24)22(29)25-23/h6-12H,5,13,23-24H2,1-4H3,(H,25,29). The van der Waals surface area contributed by atoms with Crippen LogP contribution in [0.5, 0.6) is 11.6 Å². The quantitative estimate of drug-likeness (QED) is 0.305. The molecule has 164 valence electrons. The van der Waals surface area contributed by atoms with Gasteiger partial charge in [0.15, 0.2) is 0 Å². The highest BCUT2D eigenvalue weighted by Gasteiger charge is 2.17. The van der Waals surface area contributed by atoms with Crippen molar-refractivity contribution >= 4 is 11.7 Å². The van der Waals surface area contributed by atoms with Crippen molar-refractivity contribution in [3.63, 3.8) is 0 Å². The molecule has 3 rings (SSSR count). The summed E-state index contributed by atoms with van der Waals surface area (Å²) >= 11 is 0. The molecule has 1 heterocycles. The minimum Gasteiger partial charge on any atom is -0.489 e. The van der Waals surface area contributed by atoms with Gasteiger partial charge in [0, 0.05) is 23.7 Å².